The van der Waals surface area contributed by atoms with E-state index < -0.39 is 0 Å². The smallest absolute Gasteiger partial charge is 0.0513 e. The molecule has 1 aromatic carbocycles. The average Bonchev–Trinajstić information content (AvgIpc) is 1.95. The number of hydrazine groups is 1. The van der Waals surface area contributed by atoms with E-state index in [1.54, 1.807) is 24.3 Å². The van der Waals surface area contributed by atoms with Crippen LogP contribution in [0.25, 0.3) is 0 Å². The van der Waals surface area contributed by atoms with Gasteiger partial charge in [0.2, 0.25) is 0 Å². The fourth-order valence-electron chi connectivity index (χ4n) is 0.588. The Bertz CT molecular complexity index is 199. The lowest BCUT2D eigenvalue weighted by Gasteiger charge is -1.99. The second-order valence-corrected chi connectivity index (χ2v) is 2.16. The summed E-state index contributed by atoms with van der Waals surface area (Å²) in [4.78, 5) is 0. The fourth-order valence-corrected chi connectivity index (χ4v) is 0.714. The predicted octanol–water partition coefficient (Wildman–Crippen LogP) is 2.14. The molecule has 1 aromatic rings. The number of hydrogen-bond donors (Lipinski definition) is 2. The third-order valence-electron chi connectivity index (χ3n) is 1.04. The van der Waals surface area contributed by atoms with E-state index >= 15 is 0 Å². The van der Waals surface area contributed by atoms with Crippen LogP contribution in [0.5, 0.6) is 0 Å². The molecule has 0 saturated carbocycles. The lowest BCUT2D eigenvalue weighted by atomic mass is 10.3. The second-order valence-electron chi connectivity index (χ2n) is 1.73. The lowest BCUT2D eigenvalue weighted by molar-refractivity contribution is 0.376. The molecule has 0 atom stereocenters. The Morgan fingerprint density at radius 2 is 1.80 bits per heavy atom. The summed E-state index contributed by atoms with van der Waals surface area (Å²) in [5.41, 5.74) is 4.20. The van der Waals surface area contributed by atoms with E-state index in [4.69, 9.17) is 11.6 Å². The fraction of sp³-hybridized carbons (Fsp3) is 0. The van der Waals surface area contributed by atoms with Crippen molar-refractivity contribution in [3.63, 3.8) is 0 Å². The molecule has 4 heteroatoms. The Morgan fingerprint density at radius 3 is 2.30 bits per heavy atom. The van der Waals surface area contributed by atoms with Crippen LogP contribution in [0.1, 0.15) is 0 Å². The van der Waals surface area contributed by atoms with Crippen LogP contribution in [0.2, 0.25) is 5.02 Å². The molecule has 1 rings (SSSR count). The van der Waals surface area contributed by atoms with Crippen LogP contribution in [-0.2, 0) is 0 Å². The van der Waals surface area contributed by atoms with Gasteiger partial charge in [-0.05, 0) is 24.3 Å². The van der Waals surface area contributed by atoms with Gasteiger partial charge in [0.15, 0.2) is 0 Å². The molecule has 0 spiro atoms. The first-order valence-electron chi connectivity index (χ1n) is 2.70. The summed E-state index contributed by atoms with van der Waals surface area (Å²) in [7, 11) is 0. The highest BCUT2D eigenvalue weighted by atomic mass is 35.5. The zero-order valence-electron chi connectivity index (χ0n) is 5.07. The molecule has 0 fully saturated rings. The van der Waals surface area contributed by atoms with Gasteiger partial charge in [-0.2, -0.15) is 0 Å². The molecule has 0 amide bonds. The highest BCUT2D eigenvalue weighted by Crippen LogP contribution is 2.11. The maximum absolute atomic E-state index is 11.4. The second kappa shape index (κ2) is 3.39. The maximum atomic E-state index is 11.4. The topological polar surface area (TPSA) is 24.1 Å². The Balaban J connectivity index is 2.69. The SMILES string of the molecule is FNNc1ccc(Cl)cc1. The number of hydrogen-bond acceptors (Lipinski definition) is 2. The van der Waals surface area contributed by atoms with Crippen molar-refractivity contribution in [2.75, 3.05) is 5.43 Å². The van der Waals surface area contributed by atoms with Crippen LogP contribution in [0.4, 0.5) is 10.2 Å². The first-order chi connectivity index (χ1) is 4.83. The average molecular weight is 161 g/mol. The Morgan fingerprint density at radius 1 is 1.20 bits per heavy atom. The number of benzene rings is 1. The molecule has 0 aliphatic rings. The molecule has 0 unspecified atom stereocenters. The zero-order chi connectivity index (χ0) is 7.40. The normalized spacial score (nSPS) is 9.40. The molecule has 0 heterocycles. The van der Waals surface area contributed by atoms with Crippen molar-refractivity contribution in [3.8, 4) is 0 Å². The number of anilines is 1. The van der Waals surface area contributed by atoms with Gasteiger partial charge in [-0.15, -0.1) is 4.48 Å². The van der Waals surface area contributed by atoms with Crippen LogP contribution >= 0.6 is 11.6 Å². The van der Waals surface area contributed by atoms with Gasteiger partial charge in [0.25, 0.3) is 0 Å². The molecule has 0 aliphatic heterocycles. The van der Waals surface area contributed by atoms with E-state index in [2.05, 4.69) is 5.43 Å². The van der Waals surface area contributed by atoms with Gasteiger partial charge in [-0.1, -0.05) is 17.2 Å². The molecular formula is C6H6ClFN2. The summed E-state index contributed by atoms with van der Waals surface area (Å²) in [6.07, 6.45) is 0. The first-order valence-corrected chi connectivity index (χ1v) is 3.08. The third-order valence-corrected chi connectivity index (χ3v) is 1.29. The molecular weight excluding hydrogens is 155 g/mol. The third kappa shape index (κ3) is 1.86. The van der Waals surface area contributed by atoms with E-state index in [0.717, 1.165) is 0 Å². The summed E-state index contributed by atoms with van der Waals surface area (Å²) in [5.74, 6) is 0. The van der Waals surface area contributed by atoms with Gasteiger partial charge < -0.3 is 0 Å². The van der Waals surface area contributed by atoms with Crippen molar-refractivity contribution >= 4 is 17.3 Å². The first kappa shape index (κ1) is 7.31. The van der Waals surface area contributed by atoms with Gasteiger partial charge in [-0.25, -0.2) is 0 Å². The van der Waals surface area contributed by atoms with Crippen molar-refractivity contribution in [1.82, 2.24) is 5.65 Å². The van der Waals surface area contributed by atoms with Crippen LogP contribution < -0.4 is 11.1 Å². The van der Waals surface area contributed by atoms with Gasteiger partial charge in [0.05, 0.1) is 5.69 Å². The quantitative estimate of drug-likeness (QED) is 0.512. The zero-order valence-corrected chi connectivity index (χ0v) is 5.82. The van der Waals surface area contributed by atoms with Crippen molar-refractivity contribution in [2.45, 2.75) is 0 Å². The molecule has 0 aromatic heterocycles. The number of halogens is 2. The molecule has 54 valence electrons. The van der Waals surface area contributed by atoms with Crippen LogP contribution in [0.15, 0.2) is 24.3 Å². The van der Waals surface area contributed by atoms with E-state index in [9.17, 15) is 4.48 Å². The van der Waals surface area contributed by atoms with Crippen molar-refractivity contribution in [1.29, 1.82) is 0 Å². The van der Waals surface area contributed by atoms with Crippen molar-refractivity contribution in [2.24, 2.45) is 0 Å². The predicted molar refractivity (Wildman–Crippen MR) is 39.3 cm³/mol. The minimum absolute atomic E-state index is 0.629. The van der Waals surface area contributed by atoms with Gasteiger partial charge in [0, 0.05) is 5.02 Å². The number of nitrogens with one attached hydrogen (secondary N) is 2. The summed E-state index contributed by atoms with van der Waals surface area (Å²) in [6, 6.07) is 6.66. The van der Waals surface area contributed by atoms with Crippen molar-refractivity contribution < 1.29 is 4.48 Å². The molecule has 2 nitrogen and oxygen atoms in total. The molecule has 0 aliphatic carbocycles. The molecule has 0 saturated heterocycles. The van der Waals surface area contributed by atoms with Crippen LogP contribution in [0.3, 0.4) is 0 Å². The summed E-state index contributed by atoms with van der Waals surface area (Å²) in [6.45, 7) is 0. The standard InChI is InChI=1S/C6H6ClFN2/c7-5-1-3-6(4-2-5)9-10-8/h1-4,9-10H. The minimum Gasteiger partial charge on any atom is -0.295 e. The van der Waals surface area contributed by atoms with Gasteiger partial charge in [-0.3, -0.25) is 5.43 Å². The highest BCUT2D eigenvalue weighted by Gasteiger charge is 1.88. The van der Waals surface area contributed by atoms with E-state index in [1.807, 2.05) is 0 Å². The Labute approximate surface area is 62.9 Å². The summed E-state index contributed by atoms with van der Waals surface area (Å²) < 4.78 is 11.4. The van der Waals surface area contributed by atoms with Gasteiger partial charge >= 0.3 is 0 Å². The van der Waals surface area contributed by atoms with E-state index in [1.165, 1.54) is 5.65 Å². The Hall–Kier alpha value is -0.800. The summed E-state index contributed by atoms with van der Waals surface area (Å²) >= 11 is 5.57. The highest BCUT2D eigenvalue weighted by molar-refractivity contribution is 6.30. The molecule has 0 radical (unpaired) electrons. The van der Waals surface area contributed by atoms with E-state index in [0.29, 0.717) is 10.7 Å². The number of rotatable bonds is 2. The van der Waals surface area contributed by atoms with Crippen molar-refractivity contribution in [3.05, 3.63) is 29.3 Å². The Kier molecular flexibility index (Phi) is 2.48. The largest absolute Gasteiger partial charge is 0.295 e. The van der Waals surface area contributed by atoms with E-state index in [-0.39, 0.29) is 0 Å². The molecule has 10 heavy (non-hydrogen) atoms. The lowest BCUT2D eigenvalue weighted by Crippen LogP contribution is -2.09. The molecule has 0 bridgehead atoms. The minimum atomic E-state index is 0.629. The van der Waals surface area contributed by atoms with Gasteiger partial charge in [0.1, 0.15) is 0 Å². The monoisotopic (exact) mass is 160 g/mol. The maximum Gasteiger partial charge on any atom is 0.0513 e. The summed E-state index contributed by atoms with van der Waals surface area (Å²) in [5, 5.41) is 0.629. The van der Waals surface area contributed by atoms with Crippen LogP contribution in [0, 0.1) is 0 Å². The molecule has 2 N–H and O–H groups in total. The van der Waals surface area contributed by atoms with Crippen LogP contribution in [-0.4, -0.2) is 0 Å².